The van der Waals surface area contributed by atoms with Crippen molar-refractivity contribution in [2.45, 2.75) is 45.4 Å². The van der Waals surface area contributed by atoms with Gasteiger partial charge in [0.15, 0.2) is 0 Å². The number of carboxylic acid groups (broad SMARTS) is 1. The van der Waals surface area contributed by atoms with Crippen LogP contribution >= 0.6 is 0 Å². The first-order chi connectivity index (χ1) is 9.47. The summed E-state index contributed by atoms with van der Waals surface area (Å²) in [4.78, 5) is 24.9. The summed E-state index contributed by atoms with van der Waals surface area (Å²) in [5.41, 5.74) is 1.17. The second kappa shape index (κ2) is 5.62. The topological polar surface area (TPSA) is 95.7 Å². The number of aliphatic carboxylic acids is 1. The van der Waals surface area contributed by atoms with Crippen LogP contribution in [0.3, 0.4) is 0 Å². The first-order valence-corrected chi connectivity index (χ1v) is 6.76. The minimum absolute atomic E-state index is 0.0478. The Morgan fingerprint density at radius 1 is 1.45 bits per heavy atom. The molecule has 0 aromatic carbocycles. The molecule has 1 saturated heterocycles. The van der Waals surface area contributed by atoms with E-state index in [1.807, 2.05) is 13.8 Å². The molecule has 2 atom stereocenters. The lowest BCUT2D eigenvalue weighted by Gasteiger charge is -2.21. The summed E-state index contributed by atoms with van der Waals surface area (Å²) < 4.78 is 1.57. The molecule has 2 N–H and O–H groups in total. The van der Waals surface area contributed by atoms with E-state index in [0.717, 1.165) is 5.69 Å². The van der Waals surface area contributed by atoms with Crippen LogP contribution in [0.2, 0.25) is 0 Å². The number of carbonyl (C=O) groups is 2. The molecule has 0 bridgehead atoms. The second-order valence-electron chi connectivity index (χ2n) is 4.89. The predicted molar refractivity (Wildman–Crippen MR) is 70.4 cm³/mol. The molecule has 1 amide bonds. The summed E-state index contributed by atoms with van der Waals surface area (Å²) in [6, 6.07) is 0.720. The number of nitrogens with zero attached hydrogens (tertiary/aromatic N) is 3. The van der Waals surface area contributed by atoms with Gasteiger partial charge in [-0.3, -0.25) is 9.48 Å². The summed E-state index contributed by atoms with van der Waals surface area (Å²) >= 11 is 0. The van der Waals surface area contributed by atoms with Crippen LogP contribution in [-0.2, 0) is 17.8 Å². The average molecular weight is 281 g/mol. The highest BCUT2D eigenvalue weighted by Gasteiger charge is 2.40. The van der Waals surface area contributed by atoms with Crippen LogP contribution in [0.1, 0.15) is 36.5 Å². The Morgan fingerprint density at radius 3 is 2.70 bits per heavy atom. The Bertz CT molecular complexity index is 526. The van der Waals surface area contributed by atoms with E-state index in [9.17, 15) is 14.7 Å². The van der Waals surface area contributed by atoms with E-state index in [1.54, 1.807) is 10.7 Å². The van der Waals surface area contributed by atoms with Gasteiger partial charge in [0, 0.05) is 19.5 Å². The van der Waals surface area contributed by atoms with E-state index < -0.39 is 18.1 Å². The minimum atomic E-state index is -1.09. The lowest BCUT2D eigenvalue weighted by Crippen LogP contribution is -2.41. The lowest BCUT2D eigenvalue weighted by molar-refractivity contribution is -0.141. The number of aliphatic hydroxyl groups is 1. The Morgan fingerprint density at radius 2 is 2.15 bits per heavy atom. The average Bonchev–Trinajstić information content (AvgIpc) is 3.00. The van der Waals surface area contributed by atoms with E-state index in [1.165, 1.54) is 4.90 Å². The third-order valence-electron chi connectivity index (χ3n) is 3.54. The molecule has 2 rings (SSSR count). The van der Waals surface area contributed by atoms with Crippen molar-refractivity contribution >= 4 is 11.9 Å². The number of β-amino-alcohol motifs (C(OH)–C–C–N with tert-alkyl or cyclic N) is 1. The monoisotopic (exact) mass is 281 g/mol. The summed E-state index contributed by atoms with van der Waals surface area (Å²) in [5.74, 6) is -1.48. The summed E-state index contributed by atoms with van der Waals surface area (Å²) in [6.45, 7) is 4.40. The number of amides is 1. The number of hydrogen-bond donors (Lipinski definition) is 2. The van der Waals surface area contributed by atoms with Gasteiger partial charge in [0.2, 0.25) is 0 Å². The molecule has 110 valence electrons. The molecule has 1 unspecified atom stereocenters. The van der Waals surface area contributed by atoms with Gasteiger partial charge in [0.1, 0.15) is 11.7 Å². The van der Waals surface area contributed by atoms with Gasteiger partial charge in [-0.05, 0) is 19.4 Å². The van der Waals surface area contributed by atoms with Crippen LogP contribution in [0.25, 0.3) is 0 Å². The highest BCUT2D eigenvalue weighted by atomic mass is 16.4. The van der Waals surface area contributed by atoms with Crippen molar-refractivity contribution in [1.29, 1.82) is 0 Å². The third kappa shape index (κ3) is 2.53. The number of carbonyl (C=O) groups excluding carboxylic acids is 1. The van der Waals surface area contributed by atoms with Crippen LogP contribution in [0, 0.1) is 0 Å². The van der Waals surface area contributed by atoms with Gasteiger partial charge in [0.05, 0.1) is 11.8 Å². The predicted octanol–water partition coefficient (Wildman–Crippen LogP) is 0.125. The molecule has 0 radical (unpaired) electrons. The highest BCUT2D eigenvalue weighted by molar-refractivity contribution is 5.95. The Kier molecular flexibility index (Phi) is 4.08. The zero-order valence-electron chi connectivity index (χ0n) is 11.6. The van der Waals surface area contributed by atoms with Gasteiger partial charge in [-0.25, -0.2) is 4.79 Å². The molecule has 0 saturated carbocycles. The van der Waals surface area contributed by atoms with Gasteiger partial charge in [-0.15, -0.1) is 0 Å². The molecule has 1 aliphatic rings. The SMILES string of the molecule is CCc1cc(C(=O)N2CC(O)C[C@H]2C(=O)O)n(CC)n1. The van der Waals surface area contributed by atoms with Crippen molar-refractivity contribution in [3.05, 3.63) is 17.5 Å². The molecule has 7 heteroatoms. The quantitative estimate of drug-likeness (QED) is 0.817. The maximum Gasteiger partial charge on any atom is 0.326 e. The van der Waals surface area contributed by atoms with Crippen LogP contribution in [-0.4, -0.2) is 55.5 Å². The van der Waals surface area contributed by atoms with Gasteiger partial charge < -0.3 is 15.1 Å². The first kappa shape index (κ1) is 14.5. The molecule has 7 nitrogen and oxygen atoms in total. The zero-order chi connectivity index (χ0) is 14.9. The molecule has 2 heterocycles. The number of aryl methyl sites for hydroxylation is 2. The van der Waals surface area contributed by atoms with Crippen molar-refractivity contribution < 1.29 is 19.8 Å². The molecule has 20 heavy (non-hydrogen) atoms. The smallest absolute Gasteiger partial charge is 0.326 e. The Labute approximate surface area is 116 Å². The zero-order valence-corrected chi connectivity index (χ0v) is 11.6. The second-order valence-corrected chi connectivity index (χ2v) is 4.89. The fraction of sp³-hybridized carbons (Fsp3) is 0.615. The third-order valence-corrected chi connectivity index (χ3v) is 3.54. The molecule has 1 aliphatic heterocycles. The molecule has 1 aromatic rings. The van der Waals surface area contributed by atoms with E-state index in [0.29, 0.717) is 18.7 Å². The largest absolute Gasteiger partial charge is 0.480 e. The van der Waals surface area contributed by atoms with Crippen molar-refractivity contribution in [3.8, 4) is 0 Å². The maximum atomic E-state index is 12.5. The van der Waals surface area contributed by atoms with Gasteiger partial charge >= 0.3 is 5.97 Å². The summed E-state index contributed by atoms with van der Waals surface area (Å²) in [6.07, 6.45) is -0.0102. The number of carboxylic acids is 1. The Balaban J connectivity index is 2.30. The number of aromatic nitrogens is 2. The number of rotatable bonds is 4. The number of aliphatic hydroxyl groups excluding tert-OH is 1. The van der Waals surface area contributed by atoms with Crippen molar-refractivity contribution in [2.24, 2.45) is 0 Å². The summed E-state index contributed by atoms with van der Waals surface area (Å²) in [7, 11) is 0. The molecular weight excluding hydrogens is 262 g/mol. The molecule has 1 aromatic heterocycles. The number of hydrogen-bond acceptors (Lipinski definition) is 4. The van der Waals surface area contributed by atoms with Crippen LogP contribution in [0.15, 0.2) is 6.07 Å². The lowest BCUT2D eigenvalue weighted by atomic mass is 10.2. The van der Waals surface area contributed by atoms with E-state index in [4.69, 9.17) is 5.11 Å². The van der Waals surface area contributed by atoms with Crippen molar-refractivity contribution in [1.82, 2.24) is 14.7 Å². The van der Waals surface area contributed by atoms with Crippen LogP contribution in [0.4, 0.5) is 0 Å². The first-order valence-electron chi connectivity index (χ1n) is 6.76. The molecule has 0 aliphatic carbocycles. The van der Waals surface area contributed by atoms with E-state index in [-0.39, 0.29) is 18.9 Å². The van der Waals surface area contributed by atoms with E-state index >= 15 is 0 Å². The van der Waals surface area contributed by atoms with Gasteiger partial charge in [-0.2, -0.15) is 5.10 Å². The molecular formula is C13H19N3O4. The van der Waals surface area contributed by atoms with Gasteiger partial charge in [0.25, 0.3) is 5.91 Å². The maximum absolute atomic E-state index is 12.5. The molecule has 0 spiro atoms. The highest BCUT2D eigenvalue weighted by Crippen LogP contribution is 2.21. The van der Waals surface area contributed by atoms with Crippen molar-refractivity contribution in [3.63, 3.8) is 0 Å². The normalized spacial score (nSPS) is 22.2. The Hall–Kier alpha value is -1.89. The fourth-order valence-corrected chi connectivity index (χ4v) is 2.48. The van der Waals surface area contributed by atoms with E-state index in [2.05, 4.69) is 5.10 Å². The van der Waals surface area contributed by atoms with Crippen LogP contribution < -0.4 is 0 Å². The number of likely N-dealkylation sites (tertiary alicyclic amines) is 1. The minimum Gasteiger partial charge on any atom is -0.480 e. The summed E-state index contributed by atoms with van der Waals surface area (Å²) in [5, 5.41) is 23.0. The fourth-order valence-electron chi connectivity index (χ4n) is 2.48. The molecule has 1 fully saturated rings. The van der Waals surface area contributed by atoms with Crippen molar-refractivity contribution in [2.75, 3.05) is 6.54 Å². The van der Waals surface area contributed by atoms with Gasteiger partial charge in [-0.1, -0.05) is 6.92 Å². The van der Waals surface area contributed by atoms with Crippen LogP contribution in [0.5, 0.6) is 0 Å². The standard InChI is InChI=1S/C13H19N3O4/c1-3-8-5-10(16(4-2)14-8)12(18)15-7-9(17)6-11(15)13(19)20/h5,9,11,17H,3-4,6-7H2,1-2H3,(H,19,20)/t9?,11-/m0/s1.